The van der Waals surface area contributed by atoms with Crippen molar-refractivity contribution in [2.45, 2.75) is 31.2 Å². The van der Waals surface area contributed by atoms with Crippen LogP contribution in [0.15, 0.2) is 0 Å². The number of hydrogen-bond donors (Lipinski definition) is 4. The lowest BCUT2D eigenvalue weighted by molar-refractivity contribution is -0.0868. The summed E-state index contributed by atoms with van der Waals surface area (Å²) in [4.78, 5) is 0. The molecule has 0 aromatic rings. The van der Waals surface area contributed by atoms with Gasteiger partial charge in [0.15, 0.2) is 0 Å². The molecule has 11 heavy (non-hydrogen) atoms. The van der Waals surface area contributed by atoms with Gasteiger partial charge in [-0.05, 0) is 6.42 Å². The highest BCUT2D eigenvalue weighted by atomic mass is 16.3. The third-order valence-electron chi connectivity index (χ3n) is 2.25. The van der Waals surface area contributed by atoms with Gasteiger partial charge in [0.1, 0.15) is 0 Å². The minimum atomic E-state index is -0.840. The van der Waals surface area contributed by atoms with E-state index in [0.29, 0.717) is 0 Å². The first-order valence-corrected chi connectivity index (χ1v) is 3.80. The smallest absolute Gasteiger partial charge is 0.0823 e. The number of rotatable bonds is 1. The first-order valence-electron chi connectivity index (χ1n) is 3.80. The quantitative estimate of drug-likeness (QED) is 0.377. The predicted octanol–water partition coefficient (Wildman–Crippen LogP) is -1.53. The summed E-state index contributed by atoms with van der Waals surface area (Å²) in [6.45, 7) is -0.134. The van der Waals surface area contributed by atoms with Crippen LogP contribution in [0.1, 0.15) is 12.8 Å². The molecule has 0 unspecified atom stereocenters. The van der Waals surface area contributed by atoms with Gasteiger partial charge < -0.3 is 20.4 Å². The first kappa shape index (κ1) is 8.93. The van der Waals surface area contributed by atoms with Crippen LogP contribution in [0.5, 0.6) is 0 Å². The second-order valence-electron chi connectivity index (χ2n) is 3.12. The Labute approximate surface area is 65.1 Å². The van der Waals surface area contributed by atoms with Crippen LogP contribution < -0.4 is 0 Å². The van der Waals surface area contributed by atoms with Crippen molar-refractivity contribution in [3.05, 3.63) is 0 Å². The highest BCUT2D eigenvalue weighted by molar-refractivity contribution is 4.84. The Bertz CT molecular complexity index is 128. The molecule has 0 aliphatic heterocycles. The molecule has 0 heterocycles. The van der Waals surface area contributed by atoms with E-state index in [1.165, 1.54) is 0 Å². The lowest BCUT2D eigenvalue weighted by Crippen LogP contribution is -2.43. The van der Waals surface area contributed by atoms with Crippen LogP contribution in [0.25, 0.3) is 0 Å². The van der Waals surface area contributed by atoms with Crippen LogP contribution in [0.4, 0.5) is 0 Å². The molecule has 0 aromatic heterocycles. The van der Waals surface area contributed by atoms with Crippen molar-refractivity contribution in [1.29, 1.82) is 0 Å². The van der Waals surface area contributed by atoms with Gasteiger partial charge in [-0.3, -0.25) is 0 Å². The molecule has 0 spiro atoms. The van der Waals surface area contributed by atoms with Crippen LogP contribution >= 0.6 is 0 Å². The summed E-state index contributed by atoms with van der Waals surface area (Å²) in [6.07, 6.45) is -1.88. The van der Waals surface area contributed by atoms with Crippen molar-refractivity contribution in [2.75, 3.05) is 6.61 Å². The normalized spacial score (nSPS) is 45.8. The monoisotopic (exact) mass is 162 g/mol. The minimum Gasteiger partial charge on any atom is -0.396 e. The molecule has 1 fully saturated rings. The zero-order valence-corrected chi connectivity index (χ0v) is 6.22. The van der Waals surface area contributed by atoms with Gasteiger partial charge >= 0.3 is 0 Å². The average Bonchev–Trinajstić information content (AvgIpc) is 1.97. The minimum absolute atomic E-state index is 0.134. The maximum atomic E-state index is 9.23. The van der Waals surface area contributed by atoms with Gasteiger partial charge in [0, 0.05) is 18.9 Å². The van der Waals surface area contributed by atoms with Crippen molar-refractivity contribution in [2.24, 2.45) is 5.92 Å². The molecule has 1 aliphatic rings. The van der Waals surface area contributed by atoms with Crippen LogP contribution in [0.2, 0.25) is 0 Å². The number of hydrogen-bond acceptors (Lipinski definition) is 4. The molecule has 4 heteroatoms. The van der Waals surface area contributed by atoms with E-state index in [1.54, 1.807) is 0 Å². The Balaban J connectivity index is 2.48. The van der Waals surface area contributed by atoms with E-state index < -0.39 is 18.3 Å². The maximum Gasteiger partial charge on any atom is 0.0823 e. The standard InChI is InChI=1S/C7H14O4/c8-3-4-1-6(10)7(11)2-5(4)9/h4-11H,1-3H2/t4-,5+,6-,7+/m1/s1. The second-order valence-corrected chi connectivity index (χ2v) is 3.12. The summed E-state index contributed by atoms with van der Waals surface area (Å²) in [5.41, 5.74) is 0. The fourth-order valence-electron chi connectivity index (χ4n) is 1.42. The van der Waals surface area contributed by atoms with E-state index in [-0.39, 0.29) is 25.4 Å². The van der Waals surface area contributed by atoms with Crippen molar-refractivity contribution in [1.82, 2.24) is 0 Å². The molecule has 4 nitrogen and oxygen atoms in total. The molecule has 0 radical (unpaired) electrons. The zero-order valence-electron chi connectivity index (χ0n) is 6.22. The summed E-state index contributed by atoms with van der Waals surface area (Å²) in [5, 5.41) is 36.1. The van der Waals surface area contributed by atoms with Crippen molar-refractivity contribution in [3.8, 4) is 0 Å². The van der Waals surface area contributed by atoms with Gasteiger partial charge in [-0.25, -0.2) is 0 Å². The number of aliphatic hydroxyl groups is 4. The molecule has 1 aliphatic carbocycles. The summed E-state index contributed by atoms with van der Waals surface area (Å²) >= 11 is 0. The summed E-state index contributed by atoms with van der Waals surface area (Å²) in [5.74, 6) is -0.284. The second kappa shape index (κ2) is 3.49. The van der Waals surface area contributed by atoms with E-state index in [9.17, 15) is 5.11 Å². The highest BCUT2D eigenvalue weighted by Crippen LogP contribution is 2.24. The molecule has 0 saturated heterocycles. The topological polar surface area (TPSA) is 80.9 Å². The first-order chi connectivity index (χ1) is 5.15. The Morgan fingerprint density at radius 2 is 1.45 bits per heavy atom. The highest BCUT2D eigenvalue weighted by Gasteiger charge is 2.33. The van der Waals surface area contributed by atoms with Crippen molar-refractivity contribution in [3.63, 3.8) is 0 Å². The molecule has 1 rings (SSSR count). The van der Waals surface area contributed by atoms with Gasteiger partial charge in [-0.2, -0.15) is 0 Å². The zero-order chi connectivity index (χ0) is 8.43. The van der Waals surface area contributed by atoms with Crippen LogP contribution in [-0.4, -0.2) is 45.3 Å². The Morgan fingerprint density at radius 1 is 0.909 bits per heavy atom. The van der Waals surface area contributed by atoms with Crippen molar-refractivity contribution < 1.29 is 20.4 Å². The average molecular weight is 162 g/mol. The Morgan fingerprint density at radius 3 is 2.00 bits per heavy atom. The number of aliphatic hydroxyl groups excluding tert-OH is 4. The largest absolute Gasteiger partial charge is 0.396 e. The Hall–Kier alpha value is -0.160. The third-order valence-corrected chi connectivity index (χ3v) is 2.25. The SMILES string of the molecule is OC[C@H]1C[C@@H](O)[C@@H](O)C[C@@H]1O. The summed E-state index contributed by atoms with van der Waals surface area (Å²) < 4.78 is 0. The molecular formula is C7H14O4. The van der Waals surface area contributed by atoms with Crippen molar-refractivity contribution >= 4 is 0 Å². The summed E-state index contributed by atoms with van der Waals surface area (Å²) in [7, 11) is 0. The van der Waals surface area contributed by atoms with Gasteiger partial charge in [0.25, 0.3) is 0 Å². The van der Waals surface area contributed by atoms with E-state index in [4.69, 9.17) is 15.3 Å². The lowest BCUT2D eigenvalue weighted by atomic mass is 9.83. The molecule has 1 saturated carbocycles. The van der Waals surface area contributed by atoms with E-state index in [1.807, 2.05) is 0 Å². The molecule has 4 atom stereocenters. The molecule has 66 valence electrons. The van der Waals surface area contributed by atoms with Gasteiger partial charge in [0.2, 0.25) is 0 Å². The summed E-state index contributed by atoms with van der Waals surface area (Å²) in [6, 6.07) is 0. The molecule has 0 amide bonds. The van der Waals surface area contributed by atoms with E-state index in [2.05, 4.69) is 0 Å². The van der Waals surface area contributed by atoms with Gasteiger partial charge in [0.05, 0.1) is 18.3 Å². The van der Waals surface area contributed by atoms with Gasteiger partial charge in [-0.15, -0.1) is 0 Å². The van der Waals surface area contributed by atoms with Crippen LogP contribution in [-0.2, 0) is 0 Å². The van der Waals surface area contributed by atoms with E-state index in [0.717, 1.165) is 0 Å². The fourth-order valence-corrected chi connectivity index (χ4v) is 1.42. The van der Waals surface area contributed by atoms with Crippen LogP contribution in [0, 0.1) is 5.92 Å². The van der Waals surface area contributed by atoms with Crippen LogP contribution in [0.3, 0.4) is 0 Å². The lowest BCUT2D eigenvalue weighted by Gasteiger charge is -2.33. The predicted molar refractivity (Wildman–Crippen MR) is 37.8 cm³/mol. The molecule has 0 bridgehead atoms. The molecule has 0 aromatic carbocycles. The molecular weight excluding hydrogens is 148 g/mol. The van der Waals surface area contributed by atoms with Gasteiger partial charge in [-0.1, -0.05) is 0 Å². The molecule has 4 N–H and O–H groups in total. The Kier molecular flexibility index (Phi) is 2.84. The third kappa shape index (κ3) is 1.90. The van der Waals surface area contributed by atoms with E-state index >= 15 is 0 Å². The maximum absolute atomic E-state index is 9.23. The fraction of sp³-hybridized carbons (Fsp3) is 1.00.